The summed E-state index contributed by atoms with van der Waals surface area (Å²) >= 11 is 3.45. The lowest BCUT2D eigenvalue weighted by molar-refractivity contribution is 1.24. The standard InChI is InChI=1S/C13H10BrN3/c1-9-5-12(14)13(16-8-9)17-11-4-2-3-10(6-11)7-15/h2-6,8H,1H3,(H,16,17). The zero-order valence-electron chi connectivity index (χ0n) is 9.24. The van der Waals surface area contributed by atoms with Crippen LogP contribution in [0.1, 0.15) is 11.1 Å². The van der Waals surface area contributed by atoms with Crippen LogP contribution in [0, 0.1) is 18.3 Å². The number of aryl methyl sites for hydroxylation is 1. The number of hydrogen-bond acceptors (Lipinski definition) is 3. The minimum absolute atomic E-state index is 0.623. The molecule has 1 N–H and O–H groups in total. The lowest BCUT2D eigenvalue weighted by atomic mass is 10.2. The van der Waals surface area contributed by atoms with E-state index in [0.29, 0.717) is 5.56 Å². The molecular weight excluding hydrogens is 278 g/mol. The van der Waals surface area contributed by atoms with Gasteiger partial charge in [0.2, 0.25) is 0 Å². The van der Waals surface area contributed by atoms with Crippen molar-refractivity contribution in [3.63, 3.8) is 0 Å². The molecule has 0 aliphatic carbocycles. The molecule has 0 fully saturated rings. The molecule has 84 valence electrons. The van der Waals surface area contributed by atoms with E-state index in [0.717, 1.165) is 21.5 Å². The number of hydrogen-bond donors (Lipinski definition) is 1. The van der Waals surface area contributed by atoms with Gasteiger partial charge in [-0.25, -0.2) is 4.98 Å². The Hall–Kier alpha value is -1.86. The molecule has 4 heteroatoms. The van der Waals surface area contributed by atoms with Gasteiger partial charge in [0.15, 0.2) is 0 Å². The van der Waals surface area contributed by atoms with Crippen molar-refractivity contribution in [1.29, 1.82) is 5.26 Å². The number of benzene rings is 1. The third kappa shape index (κ3) is 2.83. The summed E-state index contributed by atoms with van der Waals surface area (Å²) in [4.78, 5) is 4.29. The Morgan fingerprint density at radius 1 is 1.35 bits per heavy atom. The van der Waals surface area contributed by atoms with Crippen molar-refractivity contribution >= 4 is 27.4 Å². The van der Waals surface area contributed by atoms with Gasteiger partial charge in [-0.15, -0.1) is 0 Å². The number of nitrogens with one attached hydrogen (secondary N) is 1. The van der Waals surface area contributed by atoms with Gasteiger partial charge in [0, 0.05) is 11.9 Å². The zero-order chi connectivity index (χ0) is 12.3. The monoisotopic (exact) mass is 287 g/mol. The van der Waals surface area contributed by atoms with Crippen molar-refractivity contribution in [2.24, 2.45) is 0 Å². The van der Waals surface area contributed by atoms with Crippen LogP contribution in [0.5, 0.6) is 0 Å². The molecule has 1 aromatic carbocycles. The Kier molecular flexibility index (Phi) is 3.40. The lowest BCUT2D eigenvalue weighted by Crippen LogP contribution is -1.95. The highest BCUT2D eigenvalue weighted by Gasteiger charge is 2.02. The maximum Gasteiger partial charge on any atom is 0.144 e. The van der Waals surface area contributed by atoms with Crippen LogP contribution in [0.2, 0.25) is 0 Å². The fourth-order valence-corrected chi connectivity index (χ4v) is 1.99. The van der Waals surface area contributed by atoms with Gasteiger partial charge in [-0.2, -0.15) is 5.26 Å². The van der Waals surface area contributed by atoms with Crippen LogP contribution in [0.4, 0.5) is 11.5 Å². The van der Waals surface area contributed by atoms with E-state index in [2.05, 4.69) is 32.3 Å². The van der Waals surface area contributed by atoms with E-state index in [1.54, 1.807) is 18.3 Å². The molecule has 0 bridgehead atoms. The van der Waals surface area contributed by atoms with Crippen molar-refractivity contribution in [1.82, 2.24) is 4.98 Å². The number of anilines is 2. The highest BCUT2D eigenvalue weighted by Crippen LogP contribution is 2.24. The number of aromatic nitrogens is 1. The van der Waals surface area contributed by atoms with Gasteiger partial charge in [0.05, 0.1) is 16.1 Å². The van der Waals surface area contributed by atoms with E-state index in [4.69, 9.17) is 5.26 Å². The maximum absolute atomic E-state index is 8.82. The van der Waals surface area contributed by atoms with Crippen molar-refractivity contribution < 1.29 is 0 Å². The van der Waals surface area contributed by atoms with Crippen molar-refractivity contribution in [3.8, 4) is 6.07 Å². The van der Waals surface area contributed by atoms with Crippen LogP contribution in [0.25, 0.3) is 0 Å². The molecule has 0 amide bonds. The number of nitriles is 1. The number of halogens is 1. The Morgan fingerprint density at radius 3 is 2.88 bits per heavy atom. The predicted octanol–water partition coefficient (Wildman–Crippen LogP) is 3.77. The van der Waals surface area contributed by atoms with Crippen LogP contribution in [0.3, 0.4) is 0 Å². The molecule has 17 heavy (non-hydrogen) atoms. The summed E-state index contributed by atoms with van der Waals surface area (Å²) in [6, 6.07) is 11.4. The summed E-state index contributed by atoms with van der Waals surface area (Å²) in [5.41, 5.74) is 2.56. The smallest absolute Gasteiger partial charge is 0.144 e. The second kappa shape index (κ2) is 4.98. The summed E-state index contributed by atoms with van der Waals surface area (Å²) in [5.74, 6) is 0.741. The van der Waals surface area contributed by atoms with Gasteiger partial charge in [0.1, 0.15) is 5.82 Å². The zero-order valence-corrected chi connectivity index (χ0v) is 10.8. The molecule has 2 aromatic rings. The molecule has 0 atom stereocenters. The van der Waals surface area contributed by atoms with E-state index in [9.17, 15) is 0 Å². The van der Waals surface area contributed by atoms with E-state index >= 15 is 0 Å². The molecular formula is C13H10BrN3. The molecule has 3 nitrogen and oxygen atoms in total. The largest absolute Gasteiger partial charge is 0.339 e. The van der Waals surface area contributed by atoms with E-state index in [1.807, 2.05) is 25.1 Å². The topological polar surface area (TPSA) is 48.7 Å². The lowest BCUT2D eigenvalue weighted by Gasteiger charge is -2.08. The highest BCUT2D eigenvalue weighted by molar-refractivity contribution is 9.10. The highest BCUT2D eigenvalue weighted by atomic mass is 79.9. The molecule has 0 unspecified atom stereocenters. The summed E-state index contributed by atoms with van der Waals surface area (Å²) in [6.07, 6.45) is 1.79. The Bertz CT molecular complexity index is 587. The van der Waals surface area contributed by atoms with Gasteiger partial charge in [-0.05, 0) is 52.7 Å². The summed E-state index contributed by atoms with van der Waals surface area (Å²) in [5, 5.41) is 12.0. The van der Waals surface area contributed by atoms with E-state index < -0.39 is 0 Å². The van der Waals surface area contributed by atoms with Crippen LogP contribution in [-0.2, 0) is 0 Å². The fourth-order valence-electron chi connectivity index (χ4n) is 1.43. The Morgan fingerprint density at radius 2 is 2.18 bits per heavy atom. The van der Waals surface area contributed by atoms with E-state index in [-0.39, 0.29) is 0 Å². The first-order valence-corrected chi connectivity index (χ1v) is 5.87. The maximum atomic E-state index is 8.82. The second-order valence-corrected chi connectivity index (χ2v) is 4.52. The van der Waals surface area contributed by atoms with Crippen LogP contribution < -0.4 is 5.32 Å². The summed E-state index contributed by atoms with van der Waals surface area (Å²) in [6.45, 7) is 1.98. The average Bonchev–Trinajstić information content (AvgIpc) is 2.33. The van der Waals surface area contributed by atoms with Gasteiger partial charge in [0.25, 0.3) is 0 Å². The first-order chi connectivity index (χ1) is 8.19. The number of rotatable bonds is 2. The molecule has 1 heterocycles. The summed E-state index contributed by atoms with van der Waals surface area (Å²) < 4.78 is 0.903. The molecule has 0 aliphatic rings. The molecule has 0 saturated carbocycles. The minimum Gasteiger partial charge on any atom is -0.339 e. The van der Waals surface area contributed by atoms with Crippen LogP contribution >= 0.6 is 15.9 Å². The average molecular weight is 288 g/mol. The van der Waals surface area contributed by atoms with Gasteiger partial charge < -0.3 is 5.32 Å². The SMILES string of the molecule is Cc1cnc(Nc2cccc(C#N)c2)c(Br)c1. The van der Waals surface area contributed by atoms with Crippen LogP contribution in [-0.4, -0.2) is 4.98 Å². The van der Waals surface area contributed by atoms with Crippen molar-refractivity contribution in [2.75, 3.05) is 5.32 Å². The quantitative estimate of drug-likeness (QED) is 0.915. The van der Waals surface area contributed by atoms with Gasteiger partial charge in [-0.3, -0.25) is 0 Å². The van der Waals surface area contributed by atoms with Crippen molar-refractivity contribution in [3.05, 3.63) is 52.1 Å². The normalized spacial score (nSPS) is 9.71. The molecule has 2 rings (SSSR count). The Labute approximate surface area is 108 Å². The van der Waals surface area contributed by atoms with E-state index in [1.165, 1.54) is 0 Å². The Balaban J connectivity index is 2.28. The van der Waals surface area contributed by atoms with Gasteiger partial charge >= 0.3 is 0 Å². The molecule has 0 radical (unpaired) electrons. The van der Waals surface area contributed by atoms with Gasteiger partial charge in [-0.1, -0.05) is 6.07 Å². The predicted molar refractivity (Wildman–Crippen MR) is 71.1 cm³/mol. The minimum atomic E-state index is 0.623. The molecule has 0 aliphatic heterocycles. The summed E-state index contributed by atoms with van der Waals surface area (Å²) in [7, 11) is 0. The number of nitrogens with zero attached hydrogens (tertiary/aromatic N) is 2. The third-order valence-electron chi connectivity index (χ3n) is 2.23. The molecule has 1 aromatic heterocycles. The molecule has 0 saturated heterocycles. The number of pyridine rings is 1. The first kappa shape index (κ1) is 11.6. The first-order valence-electron chi connectivity index (χ1n) is 5.08. The second-order valence-electron chi connectivity index (χ2n) is 3.66. The third-order valence-corrected chi connectivity index (χ3v) is 2.84. The van der Waals surface area contributed by atoms with Crippen LogP contribution in [0.15, 0.2) is 41.0 Å². The fraction of sp³-hybridized carbons (Fsp3) is 0.0769. The molecule has 0 spiro atoms. The van der Waals surface area contributed by atoms with Crippen molar-refractivity contribution in [2.45, 2.75) is 6.92 Å².